The van der Waals surface area contributed by atoms with Gasteiger partial charge >= 0.3 is 0 Å². The molecule has 0 radical (unpaired) electrons. The Labute approximate surface area is 134 Å². The standard InChI is InChI=1S/C19H29NO2/c1-13-9-8-12-15-16(21)18(19(2,3)22-17(13)15)20(4)14-10-6-5-7-11-14/h8-9,12,14,16,18,21H,5-7,10-11H2,1-4H3. The molecule has 0 spiro atoms. The van der Waals surface area contributed by atoms with Gasteiger partial charge in [0.25, 0.3) is 0 Å². The van der Waals surface area contributed by atoms with Crippen LogP contribution in [0, 0.1) is 6.92 Å². The van der Waals surface area contributed by atoms with Crippen molar-refractivity contribution in [3.8, 4) is 5.75 Å². The number of aliphatic hydroxyl groups is 1. The van der Waals surface area contributed by atoms with E-state index in [1.54, 1.807) is 0 Å². The number of hydrogen-bond acceptors (Lipinski definition) is 3. The summed E-state index contributed by atoms with van der Waals surface area (Å²) in [5, 5.41) is 11.1. The molecular formula is C19H29NO2. The number of aliphatic hydroxyl groups excluding tert-OH is 1. The van der Waals surface area contributed by atoms with E-state index in [0.29, 0.717) is 6.04 Å². The zero-order valence-electron chi connectivity index (χ0n) is 14.3. The van der Waals surface area contributed by atoms with Crippen molar-refractivity contribution in [2.24, 2.45) is 0 Å². The Bertz CT molecular complexity index is 534. The molecular weight excluding hydrogens is 274 g/mol. The number of fused-ring (bicyclic) bond motifs is 1. The molecule has 1 aromatic carbocycles. The van der Waals surface area contributed by atoms with Crippen LogP contribution in [0.25, 0.3) is 0 Å². The number of rotatable bonds is 2. The molecule has 2 unspecified atom stereocenters. The van der Waals surface area contributed by atoms with Crippen LogP contribution in [0.4, 0.5) is 0 Å². The first kappa shape index (κ1) is 15.8. The Kier molecular flexibility index (Phi) is 4.21. The van der Waals surface area contributed by atoms with Crippen molar-refractivity contribution in [1.29, 1.82) is 0 Å². The first-order valence-corrected chi connectivity index (χ1v) is 8.60. The molecule has 1 aromatic rings. The minimum absolute atomic E-state index is 0.00935. The van der Waals surface area contributed by atoms with Gasteiger partial charge in [0.1, 0.15) is 17.5 Å². The van der Waals surface area contributed by atoms with E-state index in [4.69, 9.17) is 4.74 Å². The molecule has 1 N–H and O–H groups in total. The van der Waals surface area contributed by atoms with Gasteiger partial charge < -0.3 is 9.84 Å². The van der Waals surface area contributed by atoms with E-state index in [1.807, 2.05) is 25.1 Å². The second-order valence-electron chi connectivity index (χ2n) is 7.55. The number of para-hydroxylation sites is 1. The molecule has 2 aliphatic rings. The van der Waals surface area contributed by atoms with Crippen LogP contribution in [-0.4, -0.2) is 34.7 Å². The van der Waals surface area contributed by atoms with E-state index in [1.165, 1.54) is 32.1 Å². The summed E-state index contributed by atoms with van der Waals surface area (Å²) in [5.41, 5.74) is 1.64. The molecule has 0 saturated heterocycles. The van der Waals surface area contributed by atoms with Crippen LogP contribution in [0.1, 0.15) is 63.2 Å². The quantitative estimate of drug-likeness (QED) is 0.901. The lowest BCUT2D eigenvalue weighted by molar-refractivity contribution is -0.0907. The largest absolute Gasteiger partial charge is 0.485 e. The lowest BCUT2D eigenvalue weighted by Crippen LogP contribution is -2.59. The van der Waals surface area contributed by atoms with Crippen LogP contribution in [-0.2, 0) is 0 Å². The Hall–Kier alpha value is -1.06. The molecule has 0 bridgehead atoms. The molecule has 1 aliphatic heterocycles. The summed E-state index contributed by atoms with van der Waals surface area (Å²) in [6, 6.07) is 6.61. The van der Waals surface area contributed by atoms with Crippen LogP contribution < -0.4 is 4.74 Å². The van der Waals surface area contributed by atoms with Gasteiger partial charge in [-0.1, -0.05) is 37.5 Å². The fraction of sp³-hybridized carbons (Fsp3) is 0.684. The molecule has 1 saturated carbocycles. The zero-order valence-corrected chi connectivity index (χ0v) is 14.3. The summed E-state index contributed by atoms with van der Waals surface area (Å²) >= 11 is 0. The van der Waals surface area contributed by atoms with Crippen LogP contribution in [0.15, 0.2) is 18.2 Å². The van der Waals surface area contributed by atoms with E-state index in [0.717, 1.165) is 16.9 Å². The maximum atomic E-state index is 11.1. The van der Waals surface area contributed by atoms with E-state index < -0.39 is 11.7 Å². The Balaban J connectivity index is 1.93. The van der Waals surface area contributed by atoms with E-state index >= 15 is 0 Å². The fourth-order valence-corrected chi connectivity index (χ4v) is 4.35. The van der Waals surface area contributed by atoms with Crippen molar-refractivity contribution >= 4 is 0 Å². The predicted molar refractivity (Wildman–Crippen MR) is 89.3 cm³/mol. The van der Waals surface area contributed by atoms with Crippen molar-refractivity contribution in [2.75, 3.05) is 7.05 Å². The van der Waals surface area contributed by atoms with Crippen molar-refractivity contribution in [1.82, 2.24) is 4.90 Å². The predicted octanol–water partition coefficient (Wildman–Crippen LogP) is 3.83. The third kappa shape index (κ3) is 2.65. The Morgan fingerprint density at radius 2 is 1.86 bits per heavy atom. The Morgan fingerprint density at radius 3 is 2.55 bits per heavy atom. The maximum absolute atomic E-state index is 11.1. The lowest BCUT2D eigenvalue weighted by Gasteiger charge is -2.50. The highest BCUT2D eigenvalue weighted by Crippen LogP contribution is 2.44. The smallest absolute Gasteiger partial charge is 0.128 e. The van der Waals surface area contributed by atoms with Crippen LogP contribution in [0.2, 0.25) is 0 Å². The van der Waals surface area contributed by atoms with Crippen molar-refractivity contribution in [3.05, 3.63) is 29.3 Å². The fourth-order valence-electron chi connectivity index (χ4n) is 4.35. The van der Waals surface area contributed by atoms with Gasteiger partial charge in [0, 0.05) is 11.6 Å². The van der Waals surface area contributed by atoms with Gasteiger partial charge in [-0.3, -0.25) is 4.90 Å². The summed E-state index contributed by atoms with van der Waals surface area (Å²) < 4.78 is 6.34. The summed E-state index contributed by atoms with van der Waals surface area (Å²) in [6.45, 7) is 6.26. The summed E-state index contributed by atoms with van der Waals surface area (Å²) in [7, 11) is 2.16. The molecule has 0 aromatic heterocycles. The molecule has 3 rings (SSSR count). The van der Waals surface area contributed by atoms with E-state index in [2.05, 4.69) is 25.8 Å². The molecule has 22 heavy (non-hydrogen) atoms. The average Bonchev–Trinajstić information content (AvgIpc) is 2.49. The molecule has 2 atom stereocenters. The first-order valence-electron chi connectivity index (χ1n) is 8.60. The molecule has 1 aliphatic carbocycles. The normalized spacial score (nSPS) is 28.3. The monoisotopic (exact) mass is 303 g/mol. The van der Waals surface area contributed by atoms with Gasteiger partial charge in [0.05, 0.1) is 6.04 Å². The van der Waals surface area contributed by atoms with Crippen LogP contribution in [0.5, 0.6) is 5.75 Å². The molecule has 1 heterocycles. The van der Waals surface area contributed by atoms with Gasteiger partial charge in [0.2, 0.25) is 0 Å². The number of hydrogen-bond donors (Lipinski definition) is 1. The summed E-state index contributed by atoms with van der Waals surface area (Å²) in [5.74, 6) is 0.869. The Morgan fingerprint density at radius 1 is 1.18 bits per heavy atom. The highest BCUT2D eigenvalue weighted by atomic mass is 16.5. The summed E-state index contributed by atoms with van der Waals surface area (Å²) in [6.07, 6.45) is 5.92. The highest BCUT2D eigenvalue weighted by Gasteiger charge is 2.47. The van der Waals surface area contributed by atoms with E-state index in [9.17, 15) is 5.11 Å². The van der Waals surface area contributed by atoms with Crippen LogP contribution >= 0.6 is 0 Å². The number of benzene rings is 1. The minimum atomic E-state index is -0.495. The third-order valence-corrected chi connectivity index (χ3v) is 5.53. The molecule has 0 amide bonds. The maximum Gasteiger partial charge on any atom is 0.128 e. The van der Waals surface area contributed by atoms with Gasteiger partial charge in [-0.25, -0.2) is 0 Å². The molecule has 122 valence electrons. The SMILES string of the molecule is Cc1cccc2c1OC(C)(C)C(N(C)C1CCCCC1)C2O. The van der Waals surface area contributed by atoms with Crippen molar-refractivity contribution in [2.45, 2.75) is 76.7 Å². The molecule has 1 fully saturated rings. The third-order valence-electron chi connectivity index (χ3n) is 5.53. The second-order valence-corrected chi connectivity index (χ2v) is 7.55. The molecule has 3 nitrogen and oxygen atoms in total. The molecule has 3 heteroatoms. The van der Waals surface area contributed by atoms with Crippen LogP contribution in [0.3, 0.4) is 0 Å². The number of likely N-dealkylation sites (N-methyl/N-ethyl adjacent to an activating group) is 1. The highest BCUT2D eigenvalue weighted by molar-refractivity contribution is 5.45. The minimum Gasteiger partial charge on any atom is -0.485 e. The second kappa shape index (κ2) is 5.86. The average molecular weight is 303 g/mol. The van der Waals surface area contributed by atoms with E-state index in [-0.39, 0.29) is 6.04 Å². The van der Waals surface area contributed by atoms with Gasteiger partial charge in [-0.15, -0.1) is 0 Å². The van der Waals surface area contributed by atoms with Crippen molar-refractivity contribution in [3.63, 3.8) is 0 Å². The number of aryl methyl sites for hydroxylation is 1. The topological polar surface area (TPSA) is 32.7 Å². The van der Waals surface area contributed by atoms with Gasteiger partial charge in [-0.05, 0) is 46.2 Å². The lowest BCUT2D eigenvalue weighted by atomic mass is 9.82. The number of nitrogens with zero attached hydrogens (tertiary/aromatic N) is 1. The van der Waals surface area contributed by atoms with Crippen molar-refractivity contribution < 1.29 is 9.84 Å². The zero-order chi connectivity index (χ0) is 15.9. The van der Waals surface area contributed by atoms with Gasteiger partial charge in [-0.2, -0.15) is 0 Å². The van der Waals surface area contributed by atoms with Gasteiger partial charge in [0.15, 0.2) is 0 Å². The number of ether oxygens (including phenoxy) is 1. The summed E-state index contributed by atoms with van der Waals surface area (Å²) in [4.78, 5) is 2.38. The first-order chi connectivity index (χ1) is 10.4.